The number of pyridine rings is 1. The second-order valence-electron chi connectivity index (χ2n) is 3.60. The molecule has 2 N–H and O–H groups in total. The molecule has 0 saturated carbocycles. The lowest BCUT2D eigenvalue weighted by molar-refractivity contribution is 0.489. The standard InChI is InChI=1S/C12H8BrN3OS/c13-8-2-1-5-15-11(8)18-12-16-9-4-3-7(14)6-10(9)17-12/h1-6H,14H2. The molecule has 3 rings (SSSR count). The summed E-state index contributed by atoms with van der Waals surface area (Å²) in [5.74, 6) is 0. The number of benzene rings is 1. The number of hydrogen-bond acceptors (Lipinski definition) is 5. The summed E-state index contributed by atoms with van der Waals surface area (Å²) >= 11 is 4.81. The number of nitrogens with zero attached hydrogens (tertiary/aromatic N) is 2. The second-order valence-corrected chi connectivity index (χ2v) is 5.39. The van der Waals surface area contributed by atoms with Gasteiger partial charge in [0.1, 0.15) is 10.5 Å². The number of oxazole rings is 1. The van der Waals surface area contributed by atoms with Gasteiger partial charge in [0.05, 0.1) is 4.47 Å². The number of nitrogens with two attached hydrogens (primary N) is 1. The predicted octanol–water partition coefficient (Wildman–Crippen LogP) is 3.72. The highest BCUT2D eigenvalue weighted by atomic mass is 79.9. The molecule has 0 aliphatic carbocycles. The molecule has 0 saturated heterocycles. The number of rotatable bonds is 2. The summed E-state index contributed by atoms with van der Waals surface area (Å²) in [6, 6.07) is 9.19. The molecule has 0 aliphatic heterocycles. The maximum Gasteiger partial charge on any atom is 0.263 e. The van der Waals surface area contributed by atoms with Gasteiger partial charge in [0.15, 0.2) is 5.58 Å². The van der Waals surface area contributed by atoms with E-state index in [0.29, 0.717) is 16.5 Å². The van der Waals surface area contributed by atoms with Crippen molar-refractivity contribution in [3.63, 3.8) is 0 Å². The van der Waals surface area contributed by atoms with E-state index >= 15 is 0 Å². The number of nitrogen functional groups attached to an aromatic ring is 1. The zero-order chi connectivity index (χ0) is 12.5. The van der Waals surface area contributed by atoms with E-state index in [9.17, 15) is 0 Å². The predicted molar refractivity (Wildman–Crippen MR) is 74.5 cm³/mol. The summed E-state index contributed by atoms with van der Waals surface area (Å²) < 4.78 is 6.53. The van der Waals surface area contributed by atoms with Crippen LogP contribution in [0.1, 0.15) is 0 Å². The van der Waals surface area contributed by atoms with Crippen LogP contribution >= 0.6 is 27.7 Å². The van der Waals surface area contributed by atoms with Gasteiger partial charge in [0.25, 0.3) is 5.22 Å². The Kier molecular flexibility index (Phi) is 2.97. The van der Waals surface area contributed by atoms with Crippen molar-refractivity contribution in [3.05, 3.63) is 41.0 Å². The molecule has 1 aromatic carbocycles. The average molecular weight is 322 g/mol. The van der Waals surface area contributed by atoms with Gasteiger partial charge in [0, 0.05) is 18.0 Å². The number of halogens is 1. The van der Waals surface area contributed by atoms with Crippen molar-refractivity contribution >= 4 is 44.5 Å². The lowest BCUT2D eigenvalue weighted by Gasteiger charge is -1.97. The normalized spacial score (nSPS) is 10.9. The molecule has 0 unspecified atom stereocenters. The molecule has 0 radical (unpaired) electrons. The van der Waals surface area contributed by atoms with Gasteiger partial charge in [-0.05, 0) is 52.0 Å². The van der Waals surface area contributed by atoms with E-state index in [0.717, 1.165) is 15.0 Å². The minimum absolute atomic E-state index is 0.551. The SMILES string of the molecule is Nc1ccc2nc(Sc3ncccc3Br)oc2c1. The van der Waals surface area contributed by atoms with Gasteiger partial charge in [-0.25, -0.2) is 9.97 Å². The van der Waals surface area contributed by atoms with Crippen molar-refractivity contribution in [1.29, 1.82) is 0 Å². The Hall–Kier alpha value is -1.53. The quantitative estimate of drug-likeness (QED) is 0.729. The van der Waals surface area contributed by atoms with Crippen molar-refractivity contribution in [2.45, 2.75) is 10.2 Å². The summed E-state index contributed by atoms with van der Waals surface area (Å²) in [6.45, 7) is 0. The minimum Gasteiger partial charge on any atom is -0.431 e. The average Bonchev–Trinajstić information content (AvgIpc) is 2.73. The zero-order valence-corrected chi connectivity index (χ0v) is 11.5. The molecule has 0 aliphatic rings. The molecule has 0 spiro atoms. The first-order valence-corrected chi connectivity index (χ1v) is 6.78. The van der Waals surface area contributed by atoms with E-state index < -0.39 is 0 Å². The molecular weight excluding hydrogens is 314 g/mol. The van der Waals surface area contributed by atoms with Crippen LogP contribution in [0.4, 0.5) is 5.69 Å². The monoisotopic (exact) mass is 321 g/mol. The molecule has 0 atom stereocenters. The Balaban J connectivity index is 1.98. The van der Waals surface area contributed by atoms with Crippen LogP contribution in [0, 0.1) is 0 Å². The number of hydrogen-bond donors (Lipinski definition) is 1. The first-order chi connectivity index (χ1) is 8.72. The van der Waals surface area contributed by atoms with E-state index in [1.807, 2.05) is 18.2 Å². The van der Waals surface area contributed by atoms with Gasteiger partial charge in [-0.2, -0.15) is 0 Å². The Morgan fingerprint density at radius 1 is 1.28 bits per heavy atom. The minimum atomic E-state index is 0.551. The first kappa shape index (κ1) is 11.6. The smallest absolute Gasteiger partial charge is 0.263 e. The third-order valence-electron chi connectivity index (χ3n) is 2.30. The fraction of sp³-hybridized carbons (Fsp3) is 0. The highest BCUT2D eigenvalue weighted by Crippen LogP contribution is 2.33. The molecule has 4 nitrogen and oxygen atoms in total. The Bertz CT molecular complexity index is 713. The van der Waals surface area contributed by atoms with E-state index in [1.54, 1.807) is 18.3 Å². The van der Waals surface area contributed by atoms with Crippen LogP contribution in [0.2, 0.25) is 0 Å². The van der Waals surface area contributed by atoms with E-state index in [-0.39, 0.29) is 0 Å². The van der Waals surface area contributed by atoms with Crippen LogP contribution in [-0.4, -0.2) is 9.97 Å². The van der Waals surface area contributed by atoms with Crippen LogP contribution in [0.15, 0.2) is 55.7 Å². The van der Waals surface area contributed by atoms with Gasteiger partial charge < -0.3 is 10.2 Å². The lowest BCUT2D eigenvalue weighted by atomic mass is 10.3. The number of anilines is 1. The highest BCUT2D eigenvalue weighted by molar-refractivity contribution is 9.10. The Labute approximate surface area is 116 Å². The van der Waals surface area contributed by atoms with Crippen molar-refractivity contribution in [2.75, 3.05) is 5.73 Å². The Morgan fingerprint density at radius 3 is 3.00 bits per heavy atom. The van der Waals surface area contributed by atoms with Gasteiger partial charge in [-0.3, -0.25) is 0 Å². The third-order valence-corrected chi connectivity index (χ3v) is 4.07. The molecule has 0 bridgehead atoms. The van der Waals surface area contributed by atoms with Crippen LogP contribution in [0.25, 0.3) is 11.1 Å². The summed E-state index contributed by atoms with van der Waals surface area (Å²) in [7, 11) is 0. The van der Waals surface area contributed by atoms with Crippen LogP contribution in [-0.2, 0) is 0 Å². The fourth-order valence-corrected chi connectivity index (χ4v) is 2.71. The van der Waals surface area contributed by atoms with Crippen molar-refractivity contribution in [3.8, 4) is 0 Å². The molecule has 0 fully saturated rings. The van der Waals surface area contributed by atoms with Crippen LogP contribution in [0.3, 0.4) is 0 Å². The van der Waals surface area contributed by atoms with Crippen LogP contribution in [0.5, 0.6) is 0 Å². The topological polar surface area (TPSA) is 64.9 Å². The molecule has 90 valence electrons. The summed E-state index contributed by atoms with van der Waals surface area (Å²) in [4.78, 5) is 8.62. The largest absolute Gasteiger partial charge is 0.431 e. The first-order valence-electron chi connectivity index (χ1n) is 5.17. The third kappa shape index (κ3) is 2.21. The Morgan fingerprint density at radius 2 is 2.17 bits per heavy atom. The van der Waals surface area contributed by atoms with Crippen molar-refractivity contribution in [1.82, 2.24) is 9.97 Å². The molecular formula is C12H8BrN3OS. The van der Waals surface area contributed by atoms with E-state index in [2.05, 4.69) is 25.9 Å². The molecule has 6 heteroatoms. The van der Waals surface area contributed by atoms with Crippen molar-refractivity contribution in [2.24, 2.45) is 0 Å². The molecule has 18 heavy (non-hydrogen) atoms. The fourth-order valence-electron chi connectivity index (χ4n) is 1.49. The van der Waals surface area contributed by atoms with Gasteiger partial charge in [-0.15, -0.1) is 0 Å². The molecule has 0 amide bonds. The zero-order valence-electron chi connectivity index (χ0n) is 9.13. The van der Waals surface area contributed by atoms with Crippen LogP contribution < -0.4 is 5.73 Å². The van der Waals surface area contributed by atoms with Crippen molar-refractivity contribution < 1.29 is 4.42 Å². The second kappa shape index (κ2) is 4.62. The maximum atomic E-state index is 5.70. The summed E-state index contributed by atoms with van der Waals surface area (Å²) in [5, 5.41) is 1.37. The summed E-state index contributed by atoms with van der Waals surface area (Å²) in [6.07, 6.45) is 1.73. The van der Waals surface area contributed by atoms with Gasteiger partial charge >= 0.3 is 0 Å². The van der Waals surface area contributed by atoms with Gasteiger partial charge in [-0.1, -0.05) is 0 Å². The van der Waals surface area contributed by atoms with Gasteiger partial charge in [0.2, 0.25) is 0 Å². The highest BCUT2D eigenvalue weighted by Gasteiger charge is 2.10. The number of fused-ring (bicyclic) bond motifs is 1. The maximum absolute atomic E-state index is 5.70. The lowest BCUT2D eigenvalue weighted by Crippen LogP contribution is -1.81. The summed E-state index contributed by atoms with van der Waals surface area (Å²) in [5.41, 5.74) is 7.83. The van der Waals surface area contributed by atoms with E-state index in [1.165, 1.54) is 11.8 Å². The molecule has 3 aromatic rings. The van der Waals surface area contributed by atoms with E-state index in [4.69, 9.17) is 10.2 Å². The molecule has 2 aromatic heterocycles. The number of aromatic nitrogens is 2. The molecule has 2 heterocycles.